The lowest BCUT2D eigenvalue weighted by atomic mass is 9.69. The van der Waals surface area contributed by atoms with Crippen LogP contribution in [0.25, 0.3) is 44.4 Å². The Hall–Kier alpha value is -4.89. The number of hydrogen-bond donors (Lipinski definition) is 2. The van der Waals surface area contributed by atoms with Crippen molar-refractivity contribution < 1.29 is 0 Å². The second-order valence-corrected chi connectivity index (χ2v) is 31.1. The zero-order valence-corrected chi connectivity index (χ0v) is 37.9. The van der Waals surface area contributed by atoms with Gasteiger partial charge in [0.05, 0.1) is 44.9 Å². The molecule has 3 aromatic heterocycles. The lowest BCUT2D eigenvalue weighted by Gasteiger charge is -2.34. The van der Waals surface area contributed by atoms with Crippen molar-refractivity contribution >= 4 is 60.5 Å². The van der Waals surface area contributed by atoms with Gasteiger partial charge in [-0.15, -0.1) is 11.1 Å². The van der Waals surface area contributed by atoms with Crippen LogP contribution in [0.3, 0.4) is 0 Å². The molecular weight excluding hydrogens is 761 g/mol. The number of hydrogen-bond acceptors (Lipinski definition) is 2. The average molecular weight is 815 g/mol. The molecule has 60 heavy (non-hydrogen) atoms. The Bertz CT molecular complexity index is 2860. The van der Waals surface area contributed by atoms with Gasteiger partial charge in [0, 0.05) is 58.4 Å². The van der Waals surface area contributed by atoms with Crippen LogP contribution in [0.2, 0.25) is 39.3 Å². The van der Waals surface area contributed by atoms with Gasteiger partial charge in [-0.25, -0.2) is 9.97 Å². The summed E-state index contributed by atoms with van der Waals surface area (Å²) in [5, 5.41) is 0. The smallest absolute Gasteiger partial charge is 0.129 e. The number of aromatic amines is 2. The minimum absolute atomic E-state index is 0.351. The lowest BCUT2D eigenvalue weighted by Crippen LogP contribution is -2.20. The van der Waals surface area contributed by atoms with E-state index in [-0.39, 0.29) is 0 Å². The molecule has 14 aliphatic rings. The summed E-state index contributed by atoms with van der Waals surface area (Å²) in [4.78, 5) is 20.1. The molecule has 5 heterocycles. The van der Waals surface area contributed by atoms with Crippen molar-refractivity contribution in [3.05, 3.63) is 117 Å². The van der Waals surface area contributed by atoms with Crippen molar-refractivity contribution in [3.8, 4) is 22.9 Å². The quantitative estimate of drug-likeness (QED) is 0.135. The van der Waals surface area contributed by atoms with Gasteiger partial charge in [0.1, 0.15) is 16.1 Å². The van der Waals surface area contributed by atoms with E-state index in [4.69, 9.17) is 9.97 Å². The Balaban J connectivity index is 1.26. The predicted molar refractivity (Wildman–Crippen MR) is 253 cm³/mol. The monoisotopic (exact) mass is 814 g/mol. The number of allylic oxidation sites excluding steroid dienone is 12. The molecule has 0 amide bonds. The maximum atomic E-state index is 5.85. The minimum Gasteiger partial charge on any atom is -0.354 e. The highest BCUT2D eigenvalue weighted by Gasteiger charge is 2.43. The van der Waals surface area contributed by atoms with Crippen LogP contribution in [0.1, 0.15) is 131 Å². The summed E-state index contributed by atoms with van der Waals surface area (Å²) in [5.41, 5.74) is 31.0. The van der Waals surface area contributed by atoms with Crippen molar-refractivity contribution in [1.29, 1.82) is 0 Å². The van der Waals surface area contributed by atoms with Gasteiger partial charge >= 0.3 is 0 Å². The van der Waals surface area contributed by atoms with Crippen LogP contribution in [0.5, 0.6) is 0 Å². The Morgan fingerprint density at radius 1 is 0.433 bits per heavy atom. The standard InChI is InChI=1S/C54H54N4Si2/c1-59(2,3)25-23-37-51-47-33-15-7-29(8-16-33)43(47)39(55-51)27-41-45-31-11-19-35(20-12-31)49(45)53(57-41)38(24-26-60(4,5)6)54-50-36-21-13-32(14-22-36)46(50)42(58-54)28-40-44-30-9-17-34(18-10-30)48(44)52(37)56-40/h7,9,11,13,15,17,19,21,27-36,55-56H,8,10,12,14,16,18,20,22H2,1-6H3. The summed E-state index contributed by atoms with van der Waals surface area (Å²) in [6.07, 6.45) is 29.4. The largest absolute Gasteiger partial charge is 0.354 e. The van der Waals surface area contributed by atoms with Gasteiger partial charge in [0.2, 0.25) is 0 Å². The van der Waals surface area contributed by atoms with E-state index in [9.17, 15) is 0 Å². The third-order valence-corrected chi connectivity index (χ3v) is 17.2. The van der Waals surface area contributed by atoms with Crippen molar-refractivity contribution in [1.82, 2.24) is 19.9 Å². The van der Waals surface area contributed by atoms with E-state index in [1.54, 1.807) is 0 Å². The van der Waals surface area contributed by atoms with Gasteiger partial charge in [0.25, 0.3) is 0 Å². The second kappa shape index (κ2) is 12.4. The van der Waals surface area contributed by atoms with Gasteiger partial charge in [-0.3, -0.25) is 0 Å². The van der Waals surface area contributed by atoms with E-state index in [2.05, 4.69) is 133 Å². The number of aromatic nitrogens is 4. The Labute approximate surface area is 356 Å². The van der Waals surface area contributed by atoms with Gasteiger partial charge in [-0.2, -0.15) is 0 Å². The highest BCUT2D eigenvalue weighted by atomic mass is 28.3. The summed E-state index contributed by atoms with van der Waals surface area (Å²) >= 11 is 0. The molecule has 2 aliphatic heterocycles. The normalized spacial score (nSPS) is 29.3. The number of nitrogens with zero attached hydrogens (tertiary/aromatic N) is 2. The molecule has 4 nitrogen and oxygen atoms in total. The van der Waals surface area contributed by atoms with E-state index >= 15 is 0 Å². The fraction of sp³-hybridized carbons (Fsp3) is 0.407. The van der Waals surface area contributed by atoms with Crippen LogP contribution in [0.4, 0.5) is 0 Å². The molecule has 12 aliphatic carbocycles. The van der Waals surface area contributed by atoms with Crippen LogP contribution in [-0.4, -0.2) is 36.1 Å². The highest BCUT2D eigenvalue weighted by molar-refractivity contribution is 6.84. The van der Waals surface area contributed by atoms with Crippen LogP contribution < -0.4 is 0 Å². The topological polar surface area (TPSA) is 57.4 Å². The predicted octanol–water partition coefficient (Wildman–Crippen LogP) is 12.8. The van der Waals surface area contributed by atoms with E-state index < -0.39 is 16.1 Å². The van der Waals surface area contributed by atoms with Crippen LogP contribution in [0.15, 0.2) is 60.7 Å². The van der Waals surface area contributed by atoms with Gasteiger partial charge in [-0.05, 0) is 108 Å². The maximum Gasteiger partial charge on any atom is 0.129 e. The van der Waals surface area contributed by atoms with Gasteiger partial charge in [0.15, 0.2) is 0 Å². The van der Waals surface area contributed by atoms with Crippen LogP contribution in [0, 0.1) is 46.6 Å². The molecule has 2 N–H and O–H groups in total. The zero-order chi connectivity index (χ0) is 40.4. The first-order chi connectivity index (χ1) is 29.0. The molecule has 3 aromatic rings. The molecular formula is C54H54N4Si2. The fourth-order valence-corrected chi connectivity index (χ4v) is 13.9. The van der Waals surface area contributed by atoms with Gasteiger partial charge < -0.3 is 9.97 Å². The minimum atomic E-state index is -1.77. The number of H-pyrrole nitrogens is 2. The molecule has 298 valence electrons. The molecule has 0 fully saturated rings. The second-order valence-electron chi connectivity index (χ2n) is 21.6. The Morgan fingerprint density at radius 3 is 1.13 bits per heavy atom. The van der Waals surface area contributed by atoms with E-state index in [1.807, 2.05) is 0 Å². The zero-order valence-electron chi connectivity index (χ0n) is 35.9. The molecule has 0 spiro atoms. The molecule has 0 radical (unpaired) electrons. The van der Waals surface area contributed by atoms with E-state index in [1.165, 1.54) is 118 Å². The fourth-order valence-electron chi connectivity index (χ4n) is 12.9. The first kappa shape index (κ1) is 35.8. The molecule has 16 bridgehead atoms. The summed E-state index contributed by atoms with van der Waals surface area (Å²) in [7, 11) is -3.52. The van der Waals surface area contributed by atoms with Crippen LogP contribution >= 0.6 is 0 Å². The lowest BCUT2D eigenvalue weighted by molar-refractivity contribution is 0.557. The SMILES string of the molecule is C[Si](C)(C)C#Cc1c2nc(cc3[nH]c(c4c3C3C=CC4CC3)c(C#C[Si](C)(C)C)c3[nH]c(cc4nc1C1=C4C4C=CC1CC4)c1c3C3C=CC1CC3)C1=C2C2C=CC1CC2. The third-order valence-electron chi connectivity index (χ3n) is 15.4. The summed E-state index contributed by atoms with van der Waals surface area (Å²) in [6, 6.07) is 4.93. The first-order valence-corrected chi connectivity index (χ1v) is 30.1. The molecule has 0 aromatic carbocycles. The van der Waals surface area contributed by atoms with Crippen molar-refractivity contribution in [2.45, 2.75) is 114 Å². The Kier molecular flexibility index (Phi) is 7.38. The molecule has 8 unspecified atom stereocenters. The van der Waals surface area contributed by atoms with Crippen molar-refractivity contribution in [2.75, 3.05) is 0 Å². The number of fused-ring (bicyclic) bond motifs is 12. The molecule has 0 saturated heterocycles. The molecule has 8 atom stereocenters. The molecule has 6 heteroatoms. The Morgan fingerprint density at radius 2 is 0.767 bits per heavy atom. The third kappa shape index (κ3) is 5.17. The summed E-state index contributed by atoms with van der Waals surface area (Å²) in [6.45, 7) is 14.2. The highest BCUT2D eigenvalue weighted by Crippen LogP contribution is 2.57. The van der Waals surface area contributed by atoms with E-state index in [0.29, 0.717) is 47.3 Å². The van der Waals surface area contributed by atoms with Crippen molar-refractivity contribution in [2.24, 2.45) is 23.7 Å². The average Bonchev–Trinajstić information content (AvgIpc) is 4.04. The summed E-state index contributed by atoms with van der Waals surface area (Å²) in [5.74, 6) is 10.9. The van der Waals surface area contributed by atoms with Crippen molar-refractivity contribution in [3.63, 3.8) is 0 Å². The number of nitrogens with one attached hydrogen (secondary N) is 2. The maximum absolute atomic E-state index is 5.85. The summed E-state index contributed by atoms with van der Waals surface area (Å²) < 4.78 is 0. The van der Waals surface area contributed by atoms with Crippen LogP contribution in [-0.2, 0) is 0 Å². The van der Waals surface area contributed by atoms with Gasteiger partial charge in [-0.1, -0.05) is 99.7 Å². The molecule has 0 saturated carbocycles. The number of rotatable bonds is 0. The first-order valence-electron chi connectivity index (χ1n) is 23.1. The van der Waals surface area contributed by atoms with E-state index in [0.717, 1.165) is 33.9 Å². The molecule has 17 rings (SSSR count).